The summed E-state index contributed by atoms with van der Waals surface area (Å²) in [5, 5.41) is 2.84. The van der Waals surface area contributed by atoms with Gasteiger partial charge < -0.3 is 10.1 Å². The number of likely N-dealkylation sites (tertiary alicyclic amines) is 1. The summed E-state index contributed by atoms with van der Waals surface area (Å²) in [5.74, 6) is 0.820. The number of halogens is 2. The normalized spacial score (nSPS) is 14.1. The number of nitrogens with one attached hydrogen (secondary N) is 2. The van der Waals surface area contributed by atoms with E-state index in [9.17, 15) is 26.0 Å². The molecule has 1 aliphatic rings. The van der Waals surface area contributed by atoms with E-state index in [0.717, 1.165) is 31.2 Å². The maximum atomic E-state index is 13.5. The number of hydrogen-bond acceptors (Lipinski definition) is 7. The lowest BCUT2D eigenvalue weighted by molar-refractivity contribution is 0.199. The van der Waals surface area contributed by atoms with Gasteiger partial charge in [0, 0.05) is 49.0 Å². The Morgan fingerprint density at radius 3 is 1.87 bits per heavy atom. The molecule has 0 unspecified atom stereocenters. The third-order valence-electron chi connectivity index (χ3n) is 7.50. The van der Waals surface area contributed by atoms with Crippen molar-refractivity contribution in [2.45, 2.75) is 30.3 Å². The van der Waals surface area contributed by atoms with Gasteiger partial charge in [0.2, 0.25) is 10.0 Å². The van der Waals surface area contributed by atoms with Gasteiger partial charge >= 0.3 is 6.03 Å². The van der Waals surface area contributed by atoms with E-state index in [2.05, 4.69) is 14.9 Å². The number of amides is 2. The lowest BCUT2D eigenvalue weighted by Crippen LogP contribution is -2.49. The Kier molecular flexibility index (Phi) is 11.5. The Hall–Kier alpha value is -4.17. The van der Waals surface area contributed by atoms with Crippen LogP contribution in [0.3, 0.4) is 0 Å². The van der Waals surface area contributed by atoms with Gasteiger partial charge in [-0.25, -0.2) is 26.0 Å². The summed E-state index contributed by atoms with van der Waals surface area (Å²) in [5.41, 5.74) is 2.58. The van der Waals surface area contributed by atoms with E-state index in [1.165, 1.54) is 36.4 Å². The average molecular weight is 703 g/mol. The van der Waals surface area contributed by atoms with Crippen molar-refractivity contribution in [3.63, 3.8) is 0 Å². The summed E-state index contributed by atoms with van der Waals surface area (Å²) in [6.45, 7) is 2.18. The van der Waals surface area contributed by atoms with Crippen molar-refractivity contribution in [3.8, 4) is 11.5 Å². The smallest absolute Gasteiger partial charge is 0.326 e. The third kappa shape index (κ3) is 10.2. The lowest BCUT2D eigenvalue weighted by Gasteiger charge is -2.38. The Bertz CT molecular complexity index is 1870. The highest BCUT2D eigenvalue weighted by Crippen LogP contribution is 2.28. The molecule has 2 N–H and O–H groups in total. The minimum Gasteiger partial charge on any atom is -0.457 e. The fraction of sp³-hybridized carbons (Fsp3) is 0.242. The molecule has 1 heterocycles. The first-order valence-electron chi connectivity index (χ1n) is 14.6. The maximum absolute atomic E-state index is 13.5. The van der Waals surface area contributed by atoms with Crippen LogP contribution in [0.4, 0.5) is 26.2 Å². The second kappa shape index (κ2) is 15.2. The zero-order valence-electron chi connectivity index (χ0n) is 25.8. The van der Waals surface area contributed by atoms with Crippen LogP contribution in [0.2, 0.25) is 0 Å². The highest BCUT2D eigenvalue weighted by atomic mass is 35.5. The number of carbonyl (C=O) groups excluding carboxylic acids is 1. The molecule has 47 heavy (non-hydrogen) atoms. The zero-order chi connectivity index (χ0) is 32.9. The molecular weight excluding hydrogens is 667 g/mol. The van der Waals surface area contributed by atoms with Crippen LogP contribution in [-0.4, -0.2) is 59.4 Å². The van der Waals surface area contributed by atoms with Crippen LogP contribution >= 0.6 is 12.4 Å². The molecule has 2 amide bonds. The van der Waals surface area contributed by atoms with E-state index >= 15 is 0 Å². The lowest BCUT2D eigenvalue weighted by atomic mass is 10.0. The first-order chi connectivity index (χ1) is 21.8. The number of nitrogens with zero attached hydrogens (tertiary/aromatic N) is 2. The van der Waals surface area contributed by atoms with Crippen molar-refractivity contribution in [1.29, 1.82) is 0 Å². The van der Waals surface area contributed by atoms with Gasteiger partial charge in [-0.05, 0) is 103 Å². The van der Waals surface area contributed by atoms with E-state index in [4.69, 9.17) is 4.74 Å². The second-order valence-electron chi connectivity index (χ2n) is 11.2. The fourth-order valence-electron chi connectivity index (χ4n) is 5.26. The number of sulfonamides is 1. The van der Waals surface area contributed by atoms with E-state index in [1.54, 1.807) is 41.3 Å². The molecule has 0 bridgehead atoms. The van der Waals surface area contributed by atoms with Crippen LogP contribution in [0.15, 0.2) is 102 Å². The standard InChI is InChI=1S/C33H35FN4O6S2.ClH/c1-45(40,41)32-17-11-28(12-18-32)38(33(39)35-26-7-5-25(34)6-8-26)29-19-21-37(22-20-29)23-24-3-13-30(14-4-24)44-31-15-9-27(10-16-31)36-46(2,42)43;/h3-18,29,36H,19-23H2,1-2H3,(H,35,39);1H. The largest absolute Gasteiger partial charge is 0.457 e. The number of sulfone groups is 1. The minimum absolute atomic E-state index is 0. The van der Waals surface area contributed by atoms with Crippen molar-refractivity contribution in [3.05, 3.63) is 108 Å². The summed E-state index contributed by atoms with van der Waals surface area (Å²) in [6, 6.07) is 25.7. The molecule has 1 aliphatic heterocycles. The molecule has 4 aromatic carbocycles. The molecule has 14 heteroatoms. The molecule has 4 aromatic rings. The van der Waals surface area contributed by atoms with Gasteiger partial charge in [0.05, 0.1) is 11.2 Å². The van der Waals surface area contributed by atoms with E-state index in [0.29, 0.717) is 47.9 Å². The van der Waals surface area contributed by atoms with Gasteiger partial charge in [-0.2, -0.15) is 0 Å². The first-order valence-corrected chi connectivity index (χ1v) is 18.3. The molecule has 1 saturated heterocycles. The van der Waals surface area contributed by atoms with Gasteiger partial charge in [-0.3, -0.25) is 14.5 Å². The molecule has 5 rings (SSSR count). The summed E-state index contributed by atoms with van der Waals surface area (Å²) in [7, 11) is -6.75. The van der Waals surface area contributed by atoms with Crippen molar-refractivity contribution >= 4 is 55.4 Å². The molecule has 10 nitrogen and oxygen atoms in total. The van der Waals surface area contributed by atoms with Crippen LogP contribution < -0.4 is 19.7 Å². The Labute approximate surface area is 280 Å². The predicted octanol–water partition coefficient (Wildman–Crippen LogP) is 6.52. The molecule has 0 aromatic heterocycles. The number of urea groups is 1. The number of carbonyl (C=O) groups is 1. The third-order valence-corrected chi connectivity index (χ3v) is 9.24. The molecule has 0 aliphatic carbocycles. The minimum atomic E-state index is -3.40. The fourth-order valence-corrected chi connectivity index (χ4v) is 6.46. The molecule has 0 saturated carbocycles. The van der Waals surface area contributed by atoms with E-state index in [1.807, 2.05) is 24.3 Å². The number of rotatable bonds is 10. The summed E-state index contributed by atoms with van der Waals surface area (Å²) < 4.78 is 68.5. The maximum Gasteiger partial charge on any atom is 0.326 e. The zero-order valence-corrected chi connectivity index (χ0v) is 28.2. The highest BCUT2D eigenvalue weighted by molar-refractivity contribution is 7.92. The van der Waals surface area contributed by atoms with Crippen LogP contribution in [-0.2, 0) is 26.4 Å². The van der Waals surface area contributed by atoms with Gasteiger partial charge in [0.25, 0.3) is 0 Å². The van der Waals surface area contributed by atoms with Crippen molar-refractivity contribution in [2.24, 2.45) is 0 Å². The van der Waals surface area contributed by atoms with E-state index in [-0.39, 0.29) is 29.4 Å². The van der Waals surface area contributed by atoms with Crippen molar-refractivity contribution in [1.82, 2.24) is 4.90 Å². The molecular formula is C33H36ClFN4O6S2. The molecule has 250 valence electrons. The second-order valence-corrected chi connectivity index (χ2v) is 15.0. The van der Waals surface area contributed by atoms with Gasteiger partial charge in [-0.1, -0.05) is 12.1 Å². The van der Waals surface area contributed by atoms with Crippen LogP contribution in [0.5, 0.6) is 11.5 Å². The molecule has 0 radical (unpaired) electrons. The summed E-state index contributed by atoms with van der Waals surface area (Å²) >= 11 is 0. The van der Waals surface area contributed by atoms with Crippen molar-refractivity contribution in [2.75, 3.05) is 40.5 Å². The van der Waals surface area contributed by atoms with Crippen LogP contribution in [0.25, 0.3) is 0 Å². The first kappa shape index (κ1) is 35.7. The highest BCUT2D eigenvalue weighted by Gasteiger charge is 2.30. The number of benzene rings is 4. The monoisotopic (exact) mass is 702 g/mol. The number of ether oxygens (including phenoxy) is 1. The Morgan fingerprint density at radius 1 is 0.809 bits per heavy atom. The van der Waals surface area contributed by atoms with Crippen molar-refractivity contribution < 1.29 is 30.8 Å². The SMILES string of the molecule is CS(=O)(=O)Nc1ccc(Oc2ccc(CN3CCC(N(C(=O)Nc4ccc(F)cc4)c4ccc(S(C)(=O)=O)cc4)CC3)cc2)cc1.Cl. The van der Waals surface area contributed by atoms with Gasteiger partial charge in [-0.15, -0.1) is 12.4 Å². The summed E-state index contributed by atoms with van der Waals surface area (Å²) in [4.78, 5) is 17.7. The Balaban J connectivity index is 0.00000500. The Morgan fingerprint density at radius 2 is 1.34 bits per heavy atom. The average Bonchev–Trinajstić information content (AvgIpc) is 3.00. The van der Waals surface area contributed by atoms with Crippen LogP contribution in [0.1, 0.15) is 18.4 Å². The van der Waals surface area contributed by atoms with Gasteiger partial charge in [0.1, 0.15) is 17.3 Å². The topological polar surface area (TPSA) is 125 Å². The molecule has 1 fully saturated rings. The molecule has 0 spiro atoms. The van der Waals surface area contributed by atoms with Crippen LogP contribution in [0, 0.1) is 5.82 Å². The van der Waals surface area contributed by atoms with E-state index < -0.39 is 25.7 Å². The predicted molar refractivity (Wildman–Crippen MR) is 184 cm³/mol. The number of piperidine rings is 1. The number of hydrogen-bond donors (Lipinski definition) is 2. The van der Waals surface area contributed by atoms with Gasteiger partial charge in [0.15, 0.2) is 9.84 Å². The quantitative estimate of drug-likeness (QED) is 0.193. The number of anilines is 3. The molecule has 0 atom stereocenters. The summed E-state index contributed by atoms with van der Waals surface area (Å²) in [6.07, 6.45) is 3.61.